The first-order chi connectivity index (χ1) is 16.0. The summed E-state index contributed by atoms with van der Waals surface area (Å²) >= 11 is 0. The minimum absolute atomic E-state index is 0.127. The van der Waals surface area contributed by atoms with Crippen LogP contribution >= 0.6 is 0 Å². The quantitative estimate of drug-likeness (QED) is 0.388. The number of halogens is 1. The van der Waals surface area contributed by atoms with Crippen LogP contribution in [0.2, 0.25) is 0 Å². The third kappa shape index (κ3) is 5.63. The summed E-state index contributed by atoms with van der Waals surface area (Å²) in [4.78, 5) is 12.7. The molecule has 8 nitrogen and oxygen atoms in total. The molecule has 0 saturated heterocycles. The lowest BCUT2D eigenvalue weighted by Crippen LogP contribution is -2.15. The van der Waals surface area contributed by atoms with Gasteiger partial charge in [0.1, 0.15) is 23.2 Å². The standard InChI is InChI=1S/C24H23FN4O4S/c1-15-11-17(16(2)29(15)20-6-8-21(33-3)9-7-20)12-18(14-26)24(30)27-19-5-10-22(25)23(13-19)28-34(4,31)32/h5-13,28H,1-4H3,(H,27,30)/b18-12+. The van der Waals surface area contributed by atoms with Gasteiger partial charge in [-0.1, -0.05) is 0 Å². The van der Waals surface area contributed by atoms with Crippen LogP contribution in [0.1, 0.15) is 17.0 Å². The molecule has 1 aromatic heterocycles. The van der Waals surface area contributed by atoms with Gasteiger partial charge in [0, 0.05) is 22.8 Å². The van der Waals surface area contributed by atoms with Crippen molar-refractivity contribution in [2.75, 3.05) is 23.4 Å². The predicted molar refractivity (Wildman–Crippen MR) is 129 cm³/mol. The van der Waals surface area contributed by atoms with Crippen LogP contribution in [0.25, 0.3) is 11.8 Å². The molecule has 0 aliphatic rings. The molecular weight excluding hydrogens is 459 g/mol. The predicted octanol–water partition coefficient (Wildman–Crippen LogP) is 4.16. The molecule has 10 heteroatoms. The van der Waals surface area contributed by atoms with E-state index in [1.807, 2.05) is 59.5 Å². The van der Waals surface area contributed by atoms with Crippen molar-refractivity contribution in [1.82, 2.24) is 4.57 Å². The van der Waals surface area contributed by atoms with Crippen LogP contribution in [0.4, 0.5) is 15.8 Å². The summed E-state index contributed by atoms with van der Waals surface area (Å²) < 4.78 is 46.0. The molecule has 0 bridgehead atoms. The minimum atomic E-state index is -3.72. The number of sulfonamides is 1. The van der Waals surface area contributed by atoms with Crippen LogP contribution in [-0.4, -0.2) is 32.3 Å². The lowest BCUT2D eigenvalue weighted by Gasteiger charge is -2.10. The molecule has 176 valence electrons. The number of hydrogen-bond acceptors (Lipinski definition) is 5. The van der Waals surface area contributed by atoms with E-state index >= 15 is 0 Å². The number of hydrogen-bond donors (Lipinski definition) is 2. The van der Waals surface area contributed by atoms with Crippen LogP contribution in [0.3, 0.4) is 0 Å². The highest BCUT2D eigenvalue weighted by Gasteiger charge is 2.15. The molecule has 0 spiro atoms. The summed E-state index contributed by atoms with van der Waals surface area (Å²) in [6, 6.07) is 14.7. The molecule has 1 heterocycles. The summed E-state index contributed by atoms with van der Waals surface area (Å²) in [7, 11) is -2.13. The van der Waals surface area contributed by atoms with E-state index in [9.17, 15) is 22.9 Å². The van der Waals surface area contributed by atoms with Gasteiger partial charge in [0.15, 0.2) is 0 Å². The molecule has 0 aliphatic heterocycles. The van der Waals surface area contributed by atoms with Crippen molar-refractivity contribution >= 4 is 33.4 Å². The summed E-state index contributed by atoms with van der Waals surface area (Å²) in [5.41, 5.74) is 2.95. The number of anilines is 2. The van der Waals surface area contributed by atoms with E-state index in [-0.39, 0.29) is 16.9 Å². The molecule has 2 aromatic carbocycles. The van der Waals surface area contributed by atoms with Gasteiger partial charge >= 0.3 is 0 Å². The molecular formula is C24H23FN4O4S. The topological polar surface area (TPSA) is 113 Å². The summed E-state index contributed by atoms with van der Waals surface area (Å²) in [6.45, 7) is 3.79. The van der Waals surface area contributed by atoms with Crippen molar-refractivity contribution in [3.05, 3.63) is 76.9 Å². The lowest BCUT2D eigenvalue weighted by atomic mass is 10.1. The Labute approximate surface area is 197 Å². The lowest BCUT2D eigenvalue weighted by molar-refractivity contribution is -0.112. The number of carbonyl (C=O) groups is 1. The Morgan fingerprint density at radius 2 is 1.82 bits per heavy atom. The second kappa shape index (κ2) is 9.80. The Balaban J connectivity index is 1.89. The number of methoxy groups -OCH3 is 1. The van der Waals surface area contributed by atoms with Crippen LogP contribution in [0.15, 0.2) is 54.1 Å². The van der Waals surface area contributed by atoms with E-state index in [0.717, 1.165) is 41.2 Å². The number of carbonyl (C=O) groups excluding carboxylic acids is 1. The van der Waals surface area contributed by atoms with Crippen molar-refractivity contribution in [2.24, 2.45) is 0 Å². The van der Waals surface area contributed by atoms with E-state index < -0.39 is 21.7 Å². The van der Waals surface area contributed by atoms with Gasteiger partial charge in [0.2, 0.25) is 10.0 Å². The van der Waals surface area contributed by atoms with Gasteiger partial charge in [-0.25, -0.2) is 12.8 Å². The fourth-order valence-corrected chi connectivity index (χ4v) is 4.00. The number of ether oxygens (including phenoxy) is 1. The van der Waals surface area contributed by atoms with Crippen molar-refractivity contribution in [1.29, 1.82) is 5.26 Å². The monoisotopic (exact) mass is 482 g/mol. The van der Waals surface area contributed by atoms with E-state index in [0.29, 0.717) is 5.56 Å². The van der Waals surface area contributed by atoms with Gasteiger partial charge in [0.25, 0.3) is 5.91 Å². The molecule has 0 radical (unpaired) electrons. The van der Waals surface area contributed by atoms with Gasteiger partial charge in [-0.2, -0.15) is 5.26 Å². The van der Waals surface area contributed by atoms with Crippen molar-refractivity contribution in [3.8, 4) is 17.5 Å². The Bertz CT molecular complexity index is 1420. The zero-order chi connectivity index (χ0) is 25.0. The molecule has 0 atom stereocenters. The smallest absolute Gasteiger partial charge is 0.266 e. The molecule has 0 unspecified atom stereocenters. The Morgan fingerprint density at radius 3 is 2.41 bits per heavy atom. The maximum atomic E-state index is 13.9. The van der Waals surface area contributed by atoms with E-state index in [2.05, 4.69) is 5.32 Å². The fourth-order valence-electron chi connectivity index (χ4n) is 3.45. The molecule has 2 N–H and O–H groups in total. The first-order valence-electron chi connectivity index (χ1n) is 10.1. The second-order valence-electron chi connectivity index (χ2n) is 7.55. The molecule has 3 aromatic rings. The first-order valence-corrected chi connectivity index (χ1v) is 12.0. The third-order valence-electron chi connectivity index (χ3n) is 4.99. The molecule has 0 fully saturated rings. The van der Waals surface area contributed by atoms with Gasteiger partial charge in [-0.05, 0) is 74.0 Å². The van der Waals surface area contributed by atoms with Gasteiger partial charge in [-0.15, -0.1) is 0 Å². The molecule has 3 rings (SSSR count). The van der Waals surface area contributed by atoms with E-state index in [4.69, 9.17) is 4.74 Å². The van der Waals surface area contributed by atoms with Crippen LogP contribution in [0, 0.1) is 31.0 Å². The van der Waals surface area contributed by atoms with Crippen LogP contribution in [0.5, 0.6) is 5.75 Å². The number of nitrogens with one attached hydrogen (secondary N) is 2. The zero-order valence-corrected chi connectivity index (χ0v) is 19.8. The maximum absolute atomic E-state index is 13.9. The SMILES string of the molecule is COc1ccc(-n2c(C)cc(/C=C(\C#N)C(=O)Nc3ccc(F)c(NS(C)(=O)=O)c3)c2C)cc1. The Hall–Kier alpha value is -4.10. The van der Waals surface area contributed by atoms with Crippen molar-refractivity contribution in [3.63, 3.8) is 0 Å². The summed E-state index contributed by atoms with van der Waals surface area (Å²) in [5.74, 6) is -0.787. The number of nitrogens with zero attached hydrogens (tertiary/aromatic N) is 2. The molecule has 34 heavy (non-hydrogen) atoms. The van der Waals surface area contributed by atoms with Crippen molar-refractivity contribution < 1.29 is 22.3 Å². The fraction of sp³-hybridized carbons (Fsp3) is 0.167. The number of benzene rings is 2. The Morgan fingerprint density at radius 1 is 1.15 bits per heavy atom. The second-order valence-corrected chi connectivity index (χ2v) is 9.30. The summed E-state index contributed by atoms with van der Waals surface area (Å²) in [6.07, 6.45) is 2.35. The van der Waals surface area contributed by atoms with E-state index in [1.165, 1.54) is 12.1 Å². The van der Waals surface area contributed by atoms with Gasteiger partial charge < -0.3 is 14.6 Å². The number of aromatic nitrogens is 1. The zero-order valence-electron chi connectivity index (χ0n) is 19.0. The summed E-state index contributed by atoms with van der Waals surface area (Å²) in [5, 5.41) is 12.1. The maximum Gasteiger partial charge on any atom is 0.266 e. The minimum Gasteiger partial charge on any atom is -0.497 e. The molecule has 0 saturated carbocycles. The normalized spacial score (nSPS) is 11.6. The van der Waals surface area contributed by atoms with Crippen LogP contribution in [-0.2, 0) is 14.8 Å². The van der Waals surface area contributed by atoms with Crippen LogP contribution < -0.4 is 14.8 Å². The molecule has 1 amide bonds. The van der Waals surface area contributed by atoms with Crippen molar-refractivity contribution in [2.45, 2.75) is 13.8 Å². The average Bonchev–Trinajstić information content (AvgIpc) is 3.06. The third-order valence-corrected chi connectivity index (χ3v) is 5.58. The molecule has 0 aliphatic carbocycles. The average molecular weight is 483 g/mol. The number of amides is 1. The highest BCUT2D eigenvalue weighted by molar-refractivity contribution is 7.92. The highest BCUT2D eigenvalue weighted by atomic mass is 32.2. The highest BCUT2D eigenvalue weighted by Crippen LogP contribution is 2.25. The first kappa shape index (κ1) is 24.5. The van der Waals surface area contributed by atoms with E-state index in [1.54, 1.807) is 7.11 Å². The number of aryl methyl sites for hydroxylation is 1. The largest absolute Gasteiger partial charge is 0.497 e. The number of rotatable bonds is 7. The van der Waals surface area contributed by atoms with Gasteiger partial charge in [0.05, 0.1) is 19.1 Å². The van der Waals surface area contributed by atoms with Gasteiger partial charge in [-0.3, -0.25) is 9.52 Å². The Kier molecular flexibility index (Phi) is 7.08. The number of nitriles is 1.